The zero-order valence-electron chi connectivity index (χ0n) is 15.4. The Labute approximate surface area is 179 Å². The average Bonchev–Trinajstić information content (AvgIpc) is 2.68. The van der Waals surface area contributed by atoms with Gasteiger partial charge in [-0.3, -0.25) is 4.79 Å². The lowest BCUT2D eigenvalue weighted by Gasteiger charge is -2.31. The van der Waals surface area contributed by atoms with E-state index in [4.69, 9.17) is 11.6 Å². The maximum absolute atomic E-state index is 12.7. The maximum Gasteiger partial charge on any atom is 0.243 e. The molecule has 0 saturated carbocycles. The SMILES string of the molecule is CC(NC(=O)C1CCN(S(=O)(=O)c2ccc(Cl)cc2)CC1)c1cccc(Br)c1. The van der Waals surface area contributed by atoms with Crippen LogP contribution in [0.4, 0.5) is 0 Å². The molecule has 1 heterocycles. The fourth-order valence-corrected chi connectivity index (χ4v) is 5.32. The summed E-state index contributed by atoms with van der Waals surface area (Å²) < 4.78 is 27.9. The molecule has 0 aliphatic carbocycles. The van der Waals surface area contributed by atoms with Crippen LogP contribution in [0.5, 0.6) is 0 Å². The molecule has 0 aromatic heterocycles. The molecule has 2 aromatic rings. The van der Waals surface area contributed by atoms with Gasteiger partial charge in [0.25, 0.3) is 0 Å². The Morgan fingerprint density at radius 1 is 1.18 bits per heavy atom. The zero-order chi connectivity index (χ0) is 20.3. The van der Waals surface area contributed by atoms with Crippen LogP contribution in [-0.4, -0.2) is 31.7 Å². The number of hydrogen-bond donors (Lipinski definition) is 1. The molecular formula is C20H22BrClN2O3S. The Hall–Kier alpha value is -1.41. The third-order valence-corrected chi connectivity index (χ3v) is 7.64. The van der Waals surface area contributed by atoms with Gasteiger partial charge >= 0.3 is 0 Å². The highest BCUT2D eigenvalue weighted by Crippen LogP contribution is 2.26. The summed E-state index contributed by atoms with van der Waals surface area (Å²) in [6.45, 7) is 2.60. The van der Waals surface area contributed by atoms with E-state index in [1.807, 2.05) is 31.2 Å². The van der Waals surface area contributed by atoms with Crippen molar-refractivity contribution in [3.05, 3.63) is 63.6 Å². The van der Waals surface area contributed by atoms with Crippen molar-refractivity contribution >= 4 is 43.5 Å². The topological polar surface area (TPSA) is 66.5 Å². The highest BCUT2D eigenvalue weighted by molar-refractivity contribution is 9.10. The first-order chi connectivity index (χ1) is 13.3. The first kappa shape index (κ1) is 21.3. The molecule has 1 fully saturated rings. The maximum atomic E-state index is 12.7. The lowest BCUT2D eigenvalue weighted by Crippen LogP contribution is -2.43. The zero-order valence-corrected chi connectivity index (χ0v) is 18.6. The highest BCUT2D eigenvalue weighted by atomic mass is 79.9. The quantitative estimate of drug-likeness (QED) is 0.683. The number of amides is 1. The molecule has 1 saturated heterocycles. The van der Waals surface area contributed by atoms with Crippen LogP contribution in [0, 0.1) is 5.92 Å². The molecule has 0 spiro atoms. The van der Waals surface area contributed by atoms with Gasteiger partial charge in [0, 0.05) is 28.5 Å². The minimum atomic E-state index is -3.56. The van der Waals surface area contributed by atoms with Gasteiger partial charge in [-0.05, 0) is 61.7 Å². The molecule has 1 aliphatic rings. The Morgan fingerprint density at radius 3 is 2.43 bits per heavy atom. The Bertz CT molecular complexity index is 942. The second-order valence-corrected chi connectivity index (χ2v) is 10.2. The molecule has 3 rings (SSSR count). The van der Waals surface area contributed by atoms with E-state index in [0.29, 0.717) is 31.0 Å². The van der Waals surface area contributed by atoms with Gasteiger partial charge in [0.05, 0.1) is 10.9 Å². The van der Waals surface area contributed by atoms with Crippen LogP contribution in [0.25, 0.3) is 0 Å². The number of piperidine rings is 1. The summed E-state index contributed by atoms with van der Waals surface area (Å²) in [5, 5.41) is 3.54. The summed E-state index contributed by atoms with van der Waals surface area (Å²) in [5.74, 6) is -0.220. The van der Waals surface area contributed by atoms with Crippen LogP contribution in [0.3, 0.4) is 0 Å². The molecule has 1 amide bonds. The van der Waals surface area contributed by atoms with E-state index in [9.17, 15) is 13.2 Å². The van der Waals surface area contributed by atoms with Crippen molar-refractivity contribution < 1.29 is 13.2 Å². The number of nitrogens with zero attached hydrogens (tertiary/aromatic N) is 1. The second-order valence-electron chi connectivity index (χ2n) is 6.92. The summed E-state index contributed by atoms with van der Waals surface area (Å²) >= 11 is 9.28. The summed E-state index contributed by atoms with van der Waals surface area (Å²) in [7, 11) is -3.56. The van der Waals surface area contributed by atoms with E-state index >= 15 is 0 Å². The van der Waals surface area contributed by atoms with E-state index < -0.39 is 10.0 Å². The van der Waals surface area contributed by atoms with E-state index in [-0.39, 0.29) is 22.8 Å². The first-order valence-corrected chi connectivity index (χ1v) is 11.7. The Kier molecular flexibility index (Phi) is 6.81. The summed E-state index contributed by atoms with van der Waals surface area (Å²) in [6, 6.07) is 13.9. The number of benzene rings is 2. The predicted octanol–water partition coefficient (Wildman–Crippen LogP) is 4.38. The molecule has 1 aliphatic heterocycles. The van der Waals surface area contributed by atoms with E-state index in [1.165, 1.54) is 16.4 Å². The Morgan fingerprint density at radius 2 is 1.82 bits per heavy atom. The molecule has 1 atom stereocenters. The van der Waals surface area contributed by atoms with Crippen molar-refractivity contribution in [2.75, 3.05) is 13.1 Å². The van der Waals surface area contributed by atoms with Gasteiger partial charge in [-0.1, -0.05) is 39.7 Å². The van der Waals surface area contributed by atoms with Crippen molar-refractivity contribution in [1.29, 1.82) is 0 Å². The summed E-state index contributed by atoms with van der Waals surface area (Å²) in [5.41, 5.74) is 1.02. The predicted molar refractivity (Wildman–Crippen MR) is 114 cm³/mol. The highest BCUT2D eigenvalue weighted by Gasteiger charge is 2.32. The molecular weight excluding hydrogens is 464 g/mol. The summed E-state index contributed by atoms with van der Waals surface area (Å²) in [6.07, 6.45) is 1.01. The van der Waals surface area contributed by atoms with E-state index in [1.54, 1.807) is 12.1 Å². The fourth-order valence-electron chi connectivity index (χ4n) is 3.30. The molecule has 1 N–H and O–H groups in total. The van der Waals surface area contributed by atoms with Crippen molar-refractivity contribution in [1.82, 2.24) is 9.62 Å². The van der Waals surface area contributed by atoms with Crippen molar-refractivity contribution in [2.45, 2.75) is 30.7 Å². The molecule has 2 aromatic carbocycles. The number of nitrogens with one attached hydrogen (secondary N) is 1. The number of halogens is 2. The van der Waals surface area contributed by atoms with E-state index in [2.05, 4.69) is 21.2 Å². The van der Waals surface area contributed by atoms with Gasteiger partial charge in [0.1, 0.15) is 0 Å². The standard InChI is InChI=1S/C20H22BrClN2O3S/c1-14(16-3-2-4-17(21)13-16)23-20(25)15-9-11-24(12-10-15)28(26,27)19-7-5-18(22)6-8-19/h2-8,13-15H,9-12H2,1H3,(H,23,25). The van der Waals surface area contributed by atoms with Gasteiger partial charge in [-0.25, -0.2) is 8.42 Å². The van der Waals surface area contributed by atoms with Gasteiger partial charge in [-0.2, -0.15) is 4.31 Å². The molecule has 150 valence electrons. The molecule has 5 nitrogen and oxygen atoms in total. The number of sulfonamides is 1. The average molecular weight is 486 g/mol. The molecule has 8 heteroatoms. The number of carbonyl (C=O) groups excluding carboxylic acids is 1. The van der Waals surface area contributed by atoms with Crippen LogP contribution >= 0.6 is 27.5 Å². The Balaban J connectivity index is 1.58. The van der Waals surface area contributed by atoms with Gasteiger partial charge in [0.2, 0.25) is 15.9 Å². The van der Waals surface area contributed by atoms with Crippen molar-refractivity contribution in [3.63, 3.8) is 0 Å². The first-order valence-electron chi connectivity index (χ1n) is 9.09. The van der Waals surface area contributed by atoms with Crippen LogP contribution in [-0.2, 0) is 14.8 Å². The molecule has 28 heavy (non-hydrogen) atoms. The van der Waals surface area contributed by atoms with Crippen LogP contribution in [0.1, 0.15) is 31.4 Å². The minimum Gasteiger partial charge on any atom is -0.349 e. The van der Waals surface area contributed by atoms with Gasteiger partial charge in [0.15, 0.2) is 0 Å². The largest absolute Gasteiger partial charge is 0.349 e. The summed E-state index contributed by atoms with van der Waals surface area (Å²) in [4.78, 5) is 12.9. The van der Waals surface area contributed by atoms with Gasteiger partial charge in [-0.15, -0.1) is 0 Å². The molecule has 0 bridgehead atoms. The number of hydrogen-bond acceptors (Lipinski definition) is 3. The van der Waals surface area contributed by atoms with Gasteiger partial charge < -0.3 is 5.32 Å². The number of carbonyl (C=O) groups is 1. The smallest absolute Gasteiger partial charge is 0.243 e. The minimum absolute atomic E-state index is 0.0315. The normalized spacial score (nSPS) is 17.2. The van der Waals surface area contributed by atoms with Crippen LogP contribution in [0.2, 0.25) is 5.02 Å². The van der Waals surface area contributed by atoms with E-state index in [0.717, 1.165) is 10.0 Å². The molecule has 1 unspecified atom stereocenters. The third kappa shape index (κ3) is 4.95. The van der Waals surface area contributed by atoms with Crippen molar-refractivity contribution in [3.8, 4) is 0 Å². The fraction of sp³-hybridized carbons (Fsp3) is 0.350. The monoisotopic (exact) mass is 484 g/mol. The van der Waals surface area contributed by atoms with Crippen LogP contribution in [0.15, 0.2) is 57.9 Å². The van der Waals surface area contributed by atoms with Crippen molar-refractivity contribution in [2.24, 2.45) is 5.92 Å². The number of rotatable bonds is 5. The second kappa shape index (κ2) is 8.95. The lowest BCUT2D eigenvalue weighted by atomic mass is 9.96. The third-order valence-electron chi connectivity index (χ3n) is 4.98. The lowest BCUT2D eigenvalue weighted by molar-refractivity contribution is -0.126. The van der Waals surface area contributed by atoms with Crippen LogP contribution < -0.4 is 5.32 Å². The molecule has 0 radical (unpaired) electrons.